The van der Waals surface area contributed by atoms with E-state index in [0.29, 0.717) is 25.7 Å². The average molecular weight is 864 g/mol. The Hall–Kier alpha value is -2.96. The lowest BCUT2D eigenvalue weighted by molar-refractivity contribution is -0.151. The number of rotatable bonds is 45. The standard InChI is InChI=1S/C56H97NO5/c1-4-7-10-13-16-19-22-24-26-28-30-32-34-37-40-43-46-49-56(61)62-52(47-44-41-38-35-33-31-29-27-25-23-20-17-14-11-8-5-2)50-55(60)57-53(51-58)54(59)48-45-42-39-36-21-18-15-12-9-6-3/h7,10,16,19,24,26-27,29-33,37,40,52-54,58-59H,4-6,8-9,11-15,17-18,20-23,25,28,34-36,38-39,41-51H2,1-3H3,(H,57,60)/b10-7-,19-16-,26-24-,29-27+,32-30-,33-31+,40-37-. The maximum absolute atomic E-state index is 13.2. The van der Waals surface area contributed by atoms with E-state index in [2.05, 4.69) is 111 Å². The summed E-state index contributed by atoms with van der Waals surface area (Å²) in [4.78, 5) is 26.1. The highest BCUT2D eigenvalue weighted by atomic mass is 16.5. The lowest BCUT2D eigenvalue weighted by atomic mass is 10.0. The van der Waals surface area contributed by atoms with E-state index in [4.69, 9.17) is 4.74 Å². The fourth-order valence-electron chi connectivity index (χ4n) is 7.34. The molecular formula is C56H97NO5. The first-order valence-corrected chi connectivity index (χ1v) is 25.8. The molecule has 3 atom stereocenters. The van der Waals surface area contributed by atoms with Crippen molar-refractivity contribution in [3.05, 3.63) is 85.1 Å². The minimum absolute atomic E-state index is 0.0332. The van der Waals surface area contributed by atoms with Crippen LogP contribution in [0.25, 0.3) is 0 Å². The smallest absolute Gasteiger partial charge is 0.306 e. The molecule has 0 aliphatic carbocycles. The van der Waals surface area contributed by atoms with Crippen LogP contribution in [0.4, 0.5) is 0 Å². The molecule has 0 bridgehead atoms. The van der Waals surface area contributed by atoms with Crippen molar-refractivity contribution in [2.45, 2.75) is 251 Å². The molecule has 0 heterocycles. The van der Waals surface area contributed by atoms with Gasteiger partial charge in [-0.2, -0.15) is 0 Å². The van der Waals surface area contributed by atoms with Gasteiger partial charge in [-0.3, -0.25) is 9.59 Å². The summed E-state index contributed by atoms with van der Waals surface area (Å²) in [7, 11) is 0. The third-order valence-corrected chi connectivity index (χ3v) is 11.2. The van der Waals surface area contributed by atoms with Crippen LogP contribution in [0.3, 0.4) is 0 Å². The predicted molar refractivity (Wildman–Crippen MR) is 268 cm³/mol. The molecule has 0 aromatic rings. The molecule has 0 spiro atoms. The number of amides is 1. The minimum atomic E-state index is -0.807. The van der Waals surface area contributed by atoms with Crippen LogP contribution in [0.5, 0.6) is 0 Å². The van der Waals surface area contributed by atoms with Gasteiger partial charge in [0.1, 0.15) is 6.10 Å². The largest absolute Gasteiger partial charge is 0.462 e. The Labute approximate surface area is 383 Å². The molecule has 6 nitrogen and oxygen atoms in total. The zero-order chi connectivity index (χ0) is 45.2. The molecule has 0 aliphatic heterocycles. The number of ether oxygens (including phenoxy) is 1. The van der Waals surface area contributed by atoms with Crippen molar-refractivity contribution in [1.82, 2.24) is 5.32 Å². The van der Waals surface area contributed by atoms with Gasteiger partial charge in [0.25, 0.3) is 0 Å². The number of nitrogens with one attached hydrogen (secondary N) is 1. The van der Waals surface area contributed by atoms with Crippen LogP contribution >= 0.6 is 0 Å². The number of hydrogen-bond acceptors (Lipinski definition) is 5. The summed E-state index contributed by atoms with van der Waals surface area (Å²) in [6, 6.07) is -0.725. The van der Waals surface area contributed by atoms with Crippen molar-refractivity contribution in [3.63, 3.8) is 0 Å². The number of aliphatic hydroxyl groups excluding tert-OH is 2. The van der Waals surface area contributed by atoms with Crippen molar-refractivity contribution < 1.29 is 24.5 Å². The van der Waals surface area contributed by atoms with Crippen LogP contribution in [-0.2, 0) is 14.3 Å². The van der Waals surface area contributed by atoms with E-state index in [-0.39, 0.29) is 24.9 Å². The summed E-state index contributed by atoms with van der Waals surface area (Å²) < 4.78 is 5.89. The maximum atomic E-state index is 13.2. The highest BCUT2D eigenvalue weighted by molar-refractivity contribution is 5.77. The first-order chi connectivity index (χ1) is 30.5. The van der Waals surface area contributed by atoms with Gasteiger partial charge in [-0.15, -0.1) is 0 Å². The summed E-state index contributed by atoms with van der Waals surface area (Å²) in [5, 5.41) is 23.7. The van der Waals surface area contributed by atoms with Crippen molar-refractivity contribution in [1.29, 1.82) is 0 Å². The fourth-order valence-corrected chi connectivity index (χ4v) is 7.34. The number of hydrogen-bond donors (Lipinski definition) is 3. The summed E-state index contributed by atoms with van der Waals surface area (Å²) in [5.74, 6) is -0.574. The predicted octanol–water partition coefficient (Wildman–Crippen LogP) is 15.6. The van der Waals surface area contributed by atoms with Gasteiger partial charge >= 0.3 is 5.97 Å². The second kappa shape index (κ2) is 49.1. The molecule has 0 rings (SSSR count). The quantitative estimate of drug-likeness (QED) is 0.0245. The Bertz CT molecular complexity index is 1200. The second-order valence-electron chi connectivity index (χ2n) is 17.2. The summed E-state index contributed by atoms with van der Waals surface area (Å²) >= 11 is 0. The lowest BCUT2D eigenvalue weighted by Gasteiger charge is -2.24. The van der Waals surface area contributed by atoms with E-state index in [1.165, 1.54) is 89.9 Å². The summed E-state index contributed by atoms with van der Waals surface area (Å²) in [6.07, 6.45) is 63.6. The van der Waals surface area contributed by atoms with Gasteiger partial charge in [-0.05, 0) is 89.9 Å². The molecule has 0 radical (unpaired) electrons. The Morgan fingerprint density at radius 1 is 0.500 bits per heavy atom. The molecule has 6 heteroatoms. The van der Waals surface area contributed by atoms with Crippen molar-refractivity contribution in [2.75, 3.05) is 6.61 Å². The van der Waals surface area contributed by atoms with Crippen molar-refractivity contribution in [2.24, 2.45) is 0 Å². The van der Waals surface area contributed by atoms with E-state index < -0.39 is 18.2 Å². The zero-order valence-corrected chi connectivity index (χ0v) is 40.5. The van der Waals surface area contributed by atoms with Crippen LogP contribution < -0.4 is 5.32 Å². The Kier molecular flexibility index (Phi) is 46.7. The van der Waals surface area contributed by atoms with Crippen LogP contribution in [0.2, 0.25) is 0 Å². The Balaban J connectivity index is 4.75. The molecule has 0 aliphatic rings. The number of unbranched alkanes of at least 4 members (excludes halogenated alkanes) is 20. The Morgan fingerprint density at radius 3 is 1.42 bits per heavy atom. The van der Waals surface area contributed by atoms with Crippen molar-refractivity contribution >= 4 is 11.9 Å². The number of allylic oxidation sites excluding steroid dienone is 14. The van der Waals surface area contributed by atoms with E-state index in [1.54, 1.807) is 0 Å². The van der Waals surface area contributed by atoms with Crippen LogP contribution in [0, 0.1) is 0 Å². The van der Waals surface area contributed by atoms with E-state index >= 15 is 0 Å². The van der Waals surface area contributed by atoms with Gasteiger partial charge in [-0.1, -0.05) is 215 Å². The zero-order valence-electron chi connectivity index (χ0n) is 40.5. The highest BCUT2D eigenvalue weighted by Crippen LogP contribution is 2.16. The summed E-state index contributed by atoms with van der Waals surface area (Å²) in [6.45, 7) is 6.33. The van der Waals surface area contributed by atoms with Gasteiger partial charge in [0, 0.05) is 6.42 Å². The van der Waals surface area contributed by atoms with E-state index in [1.807, 2.05) is 0 Å². The SMILES string of the molecule is CC/C=C\C/C=C\C/C=C\C/C=C\C/C=C\CCCC(=O)OC(CCCCC/C=C/C=C/CCCCCCCCC)CC(=O)NC(CO)C(O)CCCCCCCCCCCC. The minimum Gasteiger partial charge on any atom is -0.462 e. The molecule has 356 valence electrons. The monoisotopic (exact) mass is 864 g/mol. The molecule has 3 unspecified atom stereocenters. The lowest BCUT2D eigenvalue weighted by Crippen LogP contribution is -2.46. The highest BCUT2D eigenvalue weighted by Gasteiger charge is 2.24. The van der Waals surface area contributed by atoms with Gasteiger partial charge in [-0.25, -0.2) is 0 Å². The molecule has 0 saturated carbocycles. The first kappa shape index (κ1) is 59.0. The third kappa shape index (κ3) is 43.7. The van der Waals surface area contributed by atoms with Crippen LogP contribution in [0.1, 0.15) is 233 Å². The molecule has 0 aromatic heterocycles. The average Bonchev–Trinajstić information content (AvgIpc) is 3.26. The van der Waals surface area contributed by atoms with Gasteiger partial charge in [0.2, 0.25) is 5.91 Å². The second-order valence-corrected chi connectivity index (χ2v) is 17.2. The molecule has 62 heavy (non-hydrogen) atoms. The molecular weight excluding hydrogens is 767 g/mol. The maximum Gasteiger partial charge on any atom is 0.306 e. The van der Waals surface area contributed by atoms with Gasteiger partial charge in [0.05, 0.1) is 25.2 Å². The molecule has 0 fully saturated rings. The van der Waals surface area contributed by atoms with Gasteiger partial charge in [0.15, 0.2) is 0 Å². The number of esters is 1. The molecule has 0 saturated heterocycles. The van der Waals surface area contributed by atoms with Crippen molar-refractivity contribution in [3.8, 4) is 0 Å². The normalized spacial score (nSPS) is 14.0. The van der Waals surface area contributed by atoms with Crippen LogP contribution in [0.15, 0.2) is 85.1 Å². The fraction of sp³-hybridized carbons (Fsp3) is 0.714. The topological polar surface area (TPSA) is 95.9 Å². The number of carbonyl (C=O) groups is 2. The number of aliphatic hydroxyl groups is 2. The van der Waals surface area contributed by atoms with E-state index in [9.17, 15) is 19.8 Å². The molecule has 3 N–H and O–H groups in total. The number of carbonyl (C=O) groups excluding carboxylic acids is 2. The molecule has 1 amide bonds. The van der Waals surface area contributed by atoms with Crippen LogP contribution in [-0.4, -0.2) is 46.9 Å². The molecule has 0 aromatic carbocycles. The summed E-state index contributed by atoms with van der Waals surface area (Å²) in [5.41, 5.74) is 0. The first-order valence-electron chi connectivity index (χ1n) is 25.8. The Morgan fingerprint density at radius 2 is 0.919 bits per heavy atom. The third-order valence-electron chi connectivity index (χ3n) is 11.2. The van der Waals surface area contributed by atoms with Gasteiger partial charge < -0.3 is 20.3 Å². The van der Waals surface area contributed by atoms with E-state index in [0.717, 1.165) is 89.9 Å².